The molecule has 0 unspecified atom stereocenters. The van der Waals surface area contributed by atoms with E-state index in [1.807, 2.05) is 6.92 Å². The first kappa shape index (κ1) is 8.75. The van der Waals surface area contributed by atoms with Gasteiger partial charge in [0.25, 0.3) is 0 Å². The lowest BCUT2D eigenvalue weighted by Gasteiger charge is -2.06. The second-order valence-electron chi connectivity index (χ2n) is 3.38. The van der Waals surface area contributed by atoms with E-state index in [1.165, 1.54) is 0 Å². The van der Waals surface area contributed by atoms with Crippen molar-refractivity contribution in [2.24, 2.45) is 0 Å². The van der Waals surface area contributed by atoms with E-state index in [1.54, 1.807) is 12.1 Å². The summed E-state index contributed by atoms with van der Waals surface area (Å²) in [5.74, 6) is 0.359. The van der Waals surface area contributed by atoms with Crippen LogP contribution < -0.4 is 0 Å². The highest BCUT2D eigenvalue weighted by atomic mass is 79.9. The maximum atomic E-state index is 11.5. The molecule has 0 saturated carbocycles. The van der Waals surface area contributed by atoms with Gasteiger partial charge in [0.15, 0.2) is 5.78 Å². The topological polar surface area (TPSA) is 37.3 Å². The fraction of sp³-hybridized carbons (Fsp3) is 0.300. The molecule has 2 nitrogen and oxygen atoms in total. The Labute approximate surface area is 84.7 Å². The minimum Gasteiger partial charge on any atom is -0.507 e. The zero-order chi connectivity index (χ0) is 9.59. The molecule has 0 fully saturated rings. The third-order valence-corrected chi connectivity index (χ3v) is 3.13. The average Bonchev–Trinajstić information content (AvgIpc) is 2.36. The molecule has 0 heterocycles. The SMILES string of the molecule is C[C@H]1CC(=O)c2c(O)ccc(Br)c21. The Kier molecular flexibility index (Phi) is 1.91. The van der Waals surface area contributed by atoms with Crippen molar-refractivity contribution in [2.45, 2.75) is 19.3 Å². The number of carbonyl (C=O) groups excluding carboxylic acids is 1. The summed E-state index contributed by atoms with van der Waals surface area (Å²) in [7, 11) is 0. The van der Waals surface area contributed by atoms with Crippen molar-refractivity contribution in [3.05, 3.63) is 27.7 Å². The molecule has 0 bridgehead atoms. The lowest BCUT2D eigenvalue weighted by Crippen LogP contribution is -1.91. The first-order valence-electron chi connectivity index (χ1n) is 4.16. The Hall–Kier alpha value is -0.830. The van der Waals surface area contributed by atoms with E-state index in [-0.39, 0.29) is 17.5 Å². The number of phenolic OH excluding ortho intramolecular Hbond substituents is 1. The molecule has 13 heavy (non-hydrogen) atoms. The Morgan fingerprint density at radius 2 is 2.23 bits per heavy atom. The van der Waals surface area contributed by atoms with Crippen LogP contribution in [0.4, 0.5) is 0 Å². The van der Waals surface area contributed by atoms with Gasteiger partial charge in [0, 0.05) is 10.9 Å². The summed E-state index contributed by atoms with van der Waals surface area (Å²) in [6.45, 7) is 1.99. The molecule has 68 valence electrons. The number of ketones is 1. The fourth-order valence-corrected chi connectivity index (χ4v) is 2.56. The Bertz CT molecular complexity index is 385. The standard InChI is InChI=1S/C10H9BrO2/c1-5-4-8(13)10-7(12)3-2-6(11)9(5)10/h2-3,5,12H,4H2,1H3/t5-/m0/s1. The number of fused-ring (bicyclic) bond motifs is 1. The summed E-state index contributed by atoms with van der Waals surface area (Å²) in [5.41, 5.74) is 1.45. The molecule has 0 spiro atoms. The Morgan fingerprint density at radius 1 is 1.54 bits per heavy atom. The van der Waals surface area contributed by atoms with Crippen LogP contribution in [0.15, 0.2) is 16.6 Å². The molecule has 1 aromatic carbocycles. The summed E-state index contributed by atoms with van der Waals surface area (Å²) in [6.07, 6.45) is 0.505. The van der Waals surface area contributed by atoms with Crippen LogP contribution in [-0.2, 0) is 0 Å². The lowest BCUT2D eigenvalue weighted by molar-refractivity contribution is 0.0988. The zero-order valence-corrected chi connectivity index (χ0v) is 8.76. The molecule has 1 aliphatic carbocycles. The van der Waals surface area contributed by atoms with E-state index >= 15 is 0 Å². The van der Waals surface area contributed by atoms with Gasteiger partial charge in [0.2, 0.25) is 0 Å². The van der Waals surface area contributed by atoms with Gasteiger partial charge in [0.05, 0.1) is 5.56 Å². The minimum atomic E-state index is 0.0429. The van der Waals surface area contributed by atoms with E-state index in [4.69, 9.17) is 0 Å². The molecule has 1 aliphatic rings. The molecule has 0 amide bonds. The Balaban J connectivity index is 2.74. The molecular formula is C10H9BrO2. The number of carbonyl (C=O) groups is 1. The summed E-state index contributed by atoms with van der Waals surface area (Å²) in [6, 6.07) is 3.34. The number of hydrogen-bond donors (Lipinski definition) is 1. The molecule has 0 saturated heterocycles. The van der Waals surface area contributed by atoms with Gasteiger partial charge in [-0.1, -0.05) is 22.9 Å². The van der Waals surface area contributed by atoms with E-state index < -0.39 is 0 Å². The van der Waals surface area contributed by atoms with Crippen LogP contribution in [0.1, 0.15) is 35.2 Å². The summed E-state index contributed by atoms with van der Waals surface area (Å²) in [5, 5.41) is 9.50. The number of halogens is 1. The van der Waals surface area contributed by atoms with Gasteiger partial charge in [0.1, 0.15) is 5.75 Å². The van der Waals surface area contributed by atoms with Gasteiger partial charge in [-0.05, 0) is 23.6 Å². The first-order valence-corrected chi connectivity index (χ1v) is 4.95. The number of Topliss-reactive ketones (excluding diaryl/α,β-unsaturated/α-hetero) is 1. The van der Waals surface area contributed by atoms with Crippen LogP contribution in [-0.4, -0.2) is 10.9 Å². The van der Waals surface area contributed by atoms with Crippen LogP contribution in [0.5, 0.6) is 5.75 Å². The quantitative estimate of drug-likeness (QED) is 0.758. The number of benzene rings is 1. The largest absolute Gasteiger partial charge is 0.507 e. The third-order valence-electron chi connectivity index (χ3n) is 2.43. The highest BCUT2D eigenvalue weighted by molar-refractivity contribution is 9.10. The van der Waals surface area contributed by atoms with E-state index in [0.29, 0.717) is 12.0 Å². The third kappa shape index (κ3) is 1.18. The van der Waals surface area contributed by atoms with Gasteiger partial charge >= 0.3 is 0 Å². The molecule has 1 aromatic rings. The number of hydrogen-bond acceptors (Lipinski definition) is 2. The van der Waals surface area contributed by atoms with Crippen molar-refractivity contribution in [3.63, 3.8) is 0 Å². The molecule has 0 aromatic heterocycles. The van der Waals surface area contributed by atoms with Crippen LogP contribution in [0.2, 0.25) is 0 Å². The number of phenols is 1. The van der Waals surface area contributed by atoms with Crippen molar-refractivity contribution in [2.75, 3.05) is 0 Å². The Morgan fingerprint density at radius 3 is 2.85 bits per heavy atom. The maximum absolute atomic E-state index is 11.5. The van der Waals surface area contributed by atoms with Gasteiger partial charge in [-0.3, -0.25) is 4.79 Å². The van der Waals surface area contributed by atoms with Crippen molar-refractivity contribution >= 4 is 21.7 Å². The maximum Gasteiger partial charge on any atom is 0.167 e. The van der Waals surface area contributed by atoms with Crippen molar-refractivity contribution in [1.82, 2.24) is 0 Å². The monoisotopic (exact) mass is 240 g/mol. The molecule has 2 rings (SSSR count). The lowest BCUT2D eigenvalue weighted by atomic mass is 10.0. The summed E-state index contributed by atoms with van der Waals surface area (Å²) in [4.78, 5) is 11.5. The highest BCUT2D eigenvalue weighted by Crippen LogP contribution is 2.41. The summed E-state index contributed by atoms with van der Waals surface area (Å²) >= 11 is 3.39. The molecule has 1 atom stereocenters. The van der Waals surface area contributed by atoms with Crippen LogP contribution in [0.3, 0.4) is 0 Å². The van der Waals surface area contributed by atoms with Gasteiger partial charge < -0.3 is 5.11 Å². The normalized spacial score (nSPS) is 20.5. The fourth-order valence-electron chi connectivity index (χ4n) is 1.84. The van der Waals surface area contributed by atoms with Gasteiger partial charge in [-0.2, -0.15) is 0 Å². The molecule has 0 aliphatic heterocycles. The predicted molar refractivity (Wildman–Crippen MR) is 53.2 cm³/mol. The molecule has 3 heteroatoms. The van der Waals surface area contributed by atoms with Crippen LogP contribution >= 0.6 is 15.9 Å². The van der Waals surface area contributed by atoms with Gasteiger partial charge in [-0.25, -0.2) is 0 Å². The zero-order valence-electron chi connectivity index (χ0n) is 7.17. The van der Waals surface area contributed by atoms with Crippen LogP contribution in [0.25, 0.3) is 0 Å². The second kappa shape index (κ2) is 2.84. The van der Waals surface area contributed by atoms with E-state index in [2.05, 4.69) is 15.9 Å². The average molecular weight is 241 g/mol. The second-order valence-corrected chi connectivity index (χ2v) is 4.24. The first-order chi connectivity index (χ1) is 6.11. The van der Waals surface area contributed by atoms with Crippen molar-refractivity contribution in [3.8, 4) is 5.75 Å². The van der Waals surface area contributed by atoms with Crippen molar-refractivity contribution in [1.29, 1.82) is 0 Å². The van der Waals surface area contributed by atoms with E-state index in [9.17, 15) is 9.90 Å². The van der Waals surface area contributed by atoms with Gasteiger partial charge in [-0.15, -0.1) is 0 Å². The molecular weight excluding hydrogens is 232 g/mol. The van der Waals surface area contributed by atoms with E-state index in [0.717, 1.165) is 10.0 Å². The smallest absolute Gasteiger partial charge is 0.167 e. The molecule has 0 radical (unpaired) electrons. The highest BCUT2D eigenvalue weighted by Gasteiger charge is 2.30. The number of rotatable bonds is 0. The minimum absolute atomic E-state index is 0.0429. The van der Waals surface area contributed by atoms with Crippen molar-refractivity contribution < 1.29 is 9.90 Å². The molecule has 1 N–H and O–H groups in total. The predicted octanol–water partition coefficient (Wildman–Crippen LogP) is 2.84. The summed E-state index contributed by atoms with van der Waals surface area (Å²) < 4.78 is 0.915. The number of aromatic hydroxyl groups is 1. The van der Waals surface area contributed by atoms with Crippen LogP contribution in [0, 0.1) is 0 Å².